The van der Waals surface area contributed by atoms with Gasteiger partial charge < -0.3 is 35.2 Å². The van der Waals surface area contributed by atoms with E-state index in [4.69, 9.17) is 19.6 Å². The number of fused-ring (bicyclic) bond motifs is 1. The number of rotatable bonds is 4. The van der Waals surface area contributed by atoms with Crippen LogP contribution in [0, 0.1) is 11.3 Å². The molecule has 8 nitrogen and oxygen atoms in total. The first kappa shape index (κ1) is 27.0. The normalized spacial score (nSPS) is 18.8. The van der Waals surface area contributed by atoms with Crippen LogP contribution in [0.3, 0.4) is 0 Å². The van der Waals surface area contributed by atoms with Gasteiger partial charge >= 0.3 is 6.03 Å². The minimum absolute atomic E-state index is 0.231. The summed E-state index contributed by atoms with van der Waals surface area (Å²) in [5.41, 5.74) is 1.71. The molecule has 2 aliphatic rings. The smallest absolute Gasteiger partial charge is 0.318 e. The Kier molecular flexibility index (Phi) is 11.2. The molecule has 186 valence electrons. The molecule has 2 atom stereocenters. The minimum atomic E-state index is -0.231. The number of carbonyl (C=O) groups excluding carboxylic acids is 1. The zero-order valence-electron chi connectivity index (χ0n) is 20.9. The van der Waals surface area contributed by atoms with E-state index in [9.17, 15) is 4.79 Å². The van der Waals surface area contributed by atoms with Gasteiger partial charge in [0.05, 0.1) is 21.3 Å². The van der Waals surface area contributed by atoms with Gasteiger partial charge in [-0.1, -0.05) is 12.1 Å². The second kappa shape index (κ2) is 14.1. The van der Waals surface area contributed by atoms with E-state index in [0.29, 0.717) is 0 Å². The van der Waals surface area contributed by atoms with E-state index in [-0.39, 0.29) is 6.03 Å². The molecule has 0 radical (unpaired) electrons. The first-order chi connectivity index (χ1) is 16.4. The maximum Gasteiger partial charge on any atom is 0.318 e. The summed E-state index contributed by atoms with van der Waals surface area (Å²) in [6.45, 7) is 1.25. The predicted molar refractivity (Wildman–Crippen MR) is 137 cm³/mol. The second-order valence-corrected chi connectivity index (χ2v) is 8.23. The third-order valence-electron chi connectivity index (χ3n) is 6.10. The molecule has 3 N–H and O–H groups in total. The summed E-state index contributed by atoms with van der Waals surface area (Å²) in [6, 6.07) is 15.1. The molecule has 0 spiro atoms. The Bertz CT molecular complexity index is 881. The summed E-state index contributed by atoms with van der Waals surface area (Å²) >= 11 is 0. The molecular weight excluding hydrogens is 432 g/mol. The zero-order chi connectivity index (χ0) is 24.9. The molecule has 2 unspecified atom stereocenters. The number of amides is 2. The molecule has 2 aromatic carbocycles. The monoisotopic (exact) mass is 470 g/mol. The standard InChI is InChI=1S/C9H12N2O2.C9H16N2.C8H10O2/c1-10-9(12)11-7-3-5-8(13-2)6-4-7;1-11-5-4-7-2-3-8(10)6-9(7)11;1-9-7-5-3-4-6-8(7)10-2/h3-6H,1-2H3,(H2,10,11,12);7,9-10H,2-6H2,1H3;3-6H,1-2H3. The molecule has 0 aromatic heterocycles. The Morgan fingerprint density at radius 2 is 1.59 bits per heavy atom. The topological polar surface area (TPSA) is 95.9 Å². The van der Waals surface area contributed by atoms with Crippen molar-refractivity contribution in [2.45, 2.75) is 31.7 Å². The highest BCUT2D eigenvalue weighted by Gasteiger charge is 2.34. The van der Waals surface area contributed by atoms with Gasteiger partial charge in [0.25, 0.3) is 0 Å². The predicted octanol–water partition coefficient (Wildman–Crippen LogP) is 4.66. The van der Waals surface area contributed by atoms with Crippen LogP contribution in [0.2, 0.25) is 0 Å². The van der Waals surface area contributed by atoms with E-state index >= 15 is 0 Å². The lowest BCUT2D eigenvalue weighted by molar-refractivity contribution is 0.254. The van der Waals surface area contributed by atoms with Crippen LogP contribution in [0.1, 0.15) is 25.7 Å². The van der Waals surface area contributed by atoms with Crippen molar-refractivity contribution in [3.05, 3.63) is 48.5 Å². The maximum absolute atomic E-state index is 10.9. The second-order valence-electron chi connectivity index (χ2n) is 8.23. The van der Waals surface area contributed by atoms with Gasteiger partial charge in [-0.3, -0.25) is 0 Å². The highest BCUT2D eigenvalue weighted by Crippen LogP contribution is 2.33. The lowest BCUT2D eigenvalue weighted by Gasteiger charge is -2.29. The number of anilines is 1. The van der Waals surface area contributed by atoms with Crippen LogP contribution in [-0.4, -0.2) is 64.7 Å². The molecule has 2 amide bonds. The fourth-order valence-electron chi connectivity index (χ4n) is 4.12. The van der Waals surface area contributed by atoms with Crippen LogP contribution in [0.25, 0.3) is 0 Å². The van der Waals surface area contributed by atoms with Crippen molar-refractivity contribution in [2.24, 2.45) is 5.92 Å². The number of likely N-dealkylation sites (tertiary alicyclic amines) is 1. The first-order valence-corrected chi connectivity index (χ1v) is 11.5. The van der Waals surface area contributed by atoms with Gasteiger partial charge in [-0.05, 0) is 75.2 Å². The molecule has 1 heterocycles. The number of para-hydroxylation sites is 2. The van der Waals surface area contributed by atoms with Gasteiger partial charge in [0.15, 0.2) is 11.5 Å². The average Bonchev–Trinajstić information content (AvgIpc) is 3.24. The van der Waals surface area contributed by atoms with Gasteiger partial charge in [0.1, 0.15) is 5.75 Å². The van der Waals surface area contributed by atoms with Crippen LogP contribution in [0.15, 0.2) is 48.5 Å². The van der Waals surface area contributed by atoms with Crippen molar-refractivity contribution in [1.82, 2.24) is 10.2 Å². The summed E-state index contributed by atoms with van der Waals surface area (Å²) in [7, 11) is 8.61. The minimum Gasteiger partial charge on any atom is -0.497 e. The largest absolute Gasteiger partial charge is 0.497 e. The number of hydrogen-bond acceptors (Lipinski definition) is 6. The van der Waals surface area contributed by atoms with Crippen LogP contribution >= 0.6 is 0 Å². The van der Waals surface area contributed by atoms with Crippen LogP contribution < -0.4 is 24.8 Å². The summed E-state index contributed by atoms with van der Waals surface area (Å²) in [5.74, 6) is 3.21. The van der Waals surface area contributed by atoms with E-state index in [1.54, 1.807) is 52.6 Å². The Balaban J connectivity index is 0.000000182. The van der Waals surface area contributed by atoms with Crippen molar-refractivity contribution >= 4 is 17.4 Å². The van der Waals surface area contributed by atoms with E-state index in [1.807, 2.05) is 24.3 Å². The molecule has 1 saturated heterocycles. The summed E-state index contributed by atoms with van der Waals surface area (Å²) in [5, 5.41) is 12.7. The number of hydrogen-bond donors (Lipinski definition) is 3. The zero-order valence-corrected chi connectivity index (χ0v) is 20.9. The van der Waals surface area contributed by atoms with E-state index in [0.717, 1.165) is 53.4 Å². The average molecular weight is 471 g/mol. The number of ether oxygens (including phenoxy) is 3. The van der Waals surface area contributed by atoms with Crippen LogP contribution in [-0.2, 0) is 0 Å². The molecule has 8 heteroatoms. The lowest BCUT2D eigenvalue weighted by atomic mass is 9.84. The SMILES string of the molecule is CN1CCC2CCC(=N)CC21.CNC(=O)Nc1ccc(OC)cc1.COc1ccccc1OC. The highest BCUT2D eigenvalue weighted by molar-refractivity contribution is 5.89. The van der Waals surface area contributed by atoms with Crippen molar-refractivity contribution in [2.75, 3.05) is 47.3 Å². The molecule has 0 bridgehead atoms. The van der Waals surface area contributed by atoms with E-state index in [1.165, 1.54) is 19.4 Å². The molecule has 1 aliphatic carbocycles. The van der Waals surface area contributed by atoms with Gasteiger partial charge in [0, 0.05) is 30.9 Å². The maximum atomic E-state index is 10.9. The fraction of sp³-hybridized carbons (Fsp3) is 0.462. The molecule has 1 aliphatic heterocycles. The number of carbonyl (C=O) groups is 1. The molecule has 2 aromatic rings. The number of nitrogens with one attached hydrogen (secondary N) is 3. The van der Waals surface area contributed by atoms with Gasteiger partial charge in [-0.15, -0.1) is 0 Å². The molecule has 34 heavy (non-hydrogen) atoms. The fourth-order valence-corrected chi connectivity index (χ4v) is 4.12. The highest BCUT2D eigenvalue weighted by atomic mass is 16.5. The number of benzene rings is 2. The Morgan fingerprint density at radius 1 is 0.971 bits per heavy atom. The van der Waals surface area contributed by atoms with Gasteiger partial charge in [-0.2, -0.15) is 0 Å². The van der Waals surface area contributed by atoms with Crippen LogP contribution in [0.5, 0.6) is 17.2 Å². The van der Waals surface area contributed by atoms with Crippen molar-refractivity contribution in [1.29, 1.82) is 5.41 Å². The quantitative estimate of drug-likeness (QED) is 0.604. The Morgan fingerprint density at radius 3 is 2.12 bits per heavy atom. The lowest BCUT2D eigenvalue weighted by Crippen LogP contribution is -2.34. The first-order valence-electron chi connectivity index (χ1n) is 11.5. The number of urea groups is 1. The summed E-state index contributed by atoms with van der Waals surface area (Å²) in [4.78, 5) is 13.3. The molecular formula is C26H38N4O4. The third-order valence-corrected chi connectivity index (χ3v) is 6.10. The summed E-state index contributed by atoms with van der Waals surface area (Å²) < 4.78 is 15.0. The summed E-state index contributed by atoms with van der Waals surface area (Å²) in [6.07, 6.45) is 4.75. The number of methoxy groups -OCH3 is 3. The molecule has 2 fully saturated rings. The van der Waals surface area contributed by atoms with Crippen LogP contribution in [0.4, 0.5) is 10.5 Å². The van der Waals surface area contributed by atoms with Crippen molar-refractivity contribution in [3.63, 3.8) is 0 Å². The van der Waals surface area contributed by atoms with Gasteiger partial charge in [0.2, 0.25) is 0 Å². The van der Waals surface area contributed by atoms with Crippen molar-refractivity contribution in [3.8, 4) is 17.2 Å². The van der Waals surface area contributed by atoms with Gasteiger partial charge in [-0.25, -0.2) is 4.79 Å². The molecule has 1 saturated carbocycles. The molecule has 4 rings (SSSR count). The van der Waals surface area contributed by atoms with E-state index < -0.39 is 0 Å². The van der Waals surface area contributed by atoms with Crippen molar-refractivity contribution < 1.29 is 19.0 Å². The Labute approximate surface area is 203 Å². The Hall–Kier alpha value is -3.26. The number of nitrogens with zero attached hydrogens (tertiary/aromatic N) is 1. The third kappa shape index (κ3) is 8.26. The van der Waals surface area contributed by atoms with E-state index in [2.05, 4.69) is 22.6 Å².